The second kappa shape index (κ2) is 15.0. The van der Waals surface area contributed by atoms with E-state index in [9.17, 15) is 24.0 Å². The summed E-state index contributed by atoms with van der Waals surface area (Å²) < 4.78 is 10.6. The van der Waals surface area contributed by atoms with Crippen molar-refractivity contribution in [3.05, 3.63) is 59.7 Å². The summed E-state index contributed by atoms with van der Waals surface area (Å²) in [5.74, 6) is -2.69. The number of alkyl carbamates (subject to hydrolysis) is 2. The lowest BCUT2D eigenvalue weighted by molar-refractivity contribution is -0.141. The monoisotopic (exact) mass is 596 g/mol. The molecule has 12 heteroatoms. The average Bonchev–Trinajstić information content (AvgIpc) is 3.26. The van der Waals surface area contributed by atoms with Gasteiger partial charge in [-0.15, -0.1) is 0 Å². The predicted molar refractivity (Wildman–Crippen MR) is 158 cm³/mol. The van der Waals surface area contributed by atoms with Crippen molar-refractivity contribution in [1.82, 2.24) is 21.3 Å². The maximum Gasteiger partial charge on any atom is 0.407 e. The fourth-order valence-corrected chi connectivity index (χ4v) is 4.67. The van der Waals surface area contributed by atoms with E-state index in [2.05, 4.69) is 21.3 Å². The first-order valence-electron chi connectivity index (χ1n) is 14.2. The zero-order valence-corrected chi connectivity index (χ0v) is 24.9. The Kier molecular flexibility index (Phi) is 11.5. The summed E-state index contributed by atoms with van der Waals surface area (Å²) >= 11 is 0. The third-order valence-electron chi connectivity index (χ3n) is 6.71. The third kappa shape index (κ3) is 10.0. The van der Waals surface area contributed by atoms with Crippen LogP contribution in [0.15, 0.2) is 48.5 Å². The molecule has 0 bridgehead atoms. The van der Waals surface area contributed by atoms with Crippen LogP contribution in [0.5, 0.6) is 0 Å². The molecule has 0 radical (unpaired) electrons. The normalized spacial score (nSPS) is 13.5. The number of carbonyl (C=O) groups excluding carboxylic acids is 4. The number of rotatable bonds is 13. The number of nitrogens with one attached hydrogen (secondary N) is 4. The summed E-state index contributed by atoms with van der Waals surface area (Å²) in [5, 5.41) is 19.1. The predicted octanol–water partition coefficient (Wildman–Crippen LogP) is 3.29. The summed E-state index contributed by atoms with van der Waals surface area (Å²) in [4.78, 5) is 60.8. The topological polar surface area (TPSA) is 172 Å². The van der Waals surface area contributed by atoms with Gasteiger partial charge in [0.15, 0.2) is 0 Å². The van der Waals surface area contributed by atoms with Gasteiger partial charge in [0.2, 0.25) is 11.8 Å². The highest BCUT2D eigenvalue weighted by molar-refractivity contribution is 5.91. The van der Waals surface area contributed by atoms with E-state index in [-0.39, 0.29) is 25.5 Å². The maximum absolute atomic E-state index is 12.7. The van der Waals surface area contributed by atoms with E-state index in [0.29, 0.717) is 12.8 Å². The number of benzene rings is 2. The molecule has 12 nitrogen and oxygen atoms in total. The number of carboxylic acids is 1. The standard InChI is InChI=1S/C31H40N4O8/c1-19(28(38)39)34-27(37)25(15-9-10-16-32-30(41)43-31(2,3)4)35-26(36)17-33-29(40)42-18-24-22-13-7-5-11-20(22)21-12-6-8-14-23(21)24/h5-8,11-14,19,24-25H,9-10,15-18H2,1-4H3,(H,32,41)(H,33,40)(H,34,37)(H,35,36)(H,38,39)/t19-,25-/m0/s1. The summed E-state index contributed by atoms with van der Waals surface area (Å²) in [6, 6.07) is 13.6. The Hall–Kier alpha value is -4.61. The first-order valence-corrected chi connectivity index (χ1v) is 14.2. The van der Waals surface area contributed by atoms with E-state index < -0.39 is 54.2 Å². The van der Waals surface area contributed by atoms with Crippen LogP contribution in [0, 0.1) is 0 Å². The Morgan fingerprint density at radius 1 is 0.860 bits per heavy atom. The van der Waals surface area contributed by atoms with Gasteiger partial charge in [0.05, 0.1) is 0 Å². The van der Waals surface area contributed by atoms with E-state index in [1.807, 2.05) is 48.5 Å². The van der Waals surface area contributed by atoms with Crippen LogP contribution in [-0.2, 0) is 23.9 Å². The van der Waals surface area contributed by atoms with Gasteiger partial charge in [-0.3, -0.25) is 14.4 Å². The summed E-state index contributed by atoms with van der Waals surface area (Å²) in [6.45, 7) is 6.47. The Morgan fingerprint density at radius 2 is 1.47 bits per heavy atom. The van der Waals surface area contributed by atoms with Crippen molar-refractivity contribution in [3.8, 4) is 11.1 Å². The number of aliphatic carboxylic acids is 1. The van der Waals surface area contributed by atoms with E-state index in [0.717, 1.165) is 22.3 Å². The zero-order valence-electron chi connectivity index (χ0n) is 24.9. The van der Waals surface area contributed by atoms with E-state index in [4.69, 9.17) is 14.6 Å². The van der Waals surface area contributed by atoms with Gasteiger partial charge in [-0.05, 0) is 69.2 Å². The highest BCUT2D eigenvalue weighted by Gasteiger charge is 2.29. The highest BCUT2D eigenvalue weighted by Crippen LogP contribution is 2.44. The zero-order chi connectivity index (χ0) is 31.6. The summed E-state index contributed by atoms with van der Waals surface area (Å²) in [6.07, 6.45) is -0.276. The van der Waals surface area contributed by atoms with Crippen LogP contribution in [-0.4, -0.2) is 72.5 Å². The van der Waals surface area contributed by atoms with Gasteiger partial charge in [-0.2, -0.15) is 0 Å². The fourth-order valence-electron chi connectivity index (χ4n) is 4.67. The van der Waals surface area contributed by atoms with E-state index >= 15 is 0 Å². The number of unbranched alkanes of at least 4 members (excludes halogenated alkanes) is 1. The van der Waals surface area contributed by atoms with Crippen LogP contribution >= 0.6 is 0 Å². The Morgan fingerprint density at radius 3 is 2.05 bits per heavy atom. The van der Waals surface area contributed by atoms with Crippen molar-refractivity contribution in [2.24, 2.45) is 0 Å². The summed E-state index contributed by atoms with van der Waals surface area (Å²) in [7, 11) is 0. The molecule has 232 valence electrons. The lowest BCUT2D eigenvalue weighted by atomic mass is 9.98. The minimum atomic E-state index is -1.23. The van der Waals surface area contributed by atoms with Crippen molar-refractivity contribution < 1.29 is 38.6 Å². The number of ether oxygens (including phenoxy) is 2. The van der Waals surface area contributed by atoms with E-state index in [1.54, 1.807) is 20.8 Å². The molecule has 43 heavy (non-hydrogen) atoms. The first kappa shape index (κ1) is 32.9. The second-order valence-corrected chi connectivity index (χ2v) is 11.3. The number of hydrogen-bond donors (Lipinski definition) is 5. The molecule has 0 fully saturated rings. The molecule has 0 aromatic heterocycles. The van der Waals surface area contributed by atoms with Crippen molar-refractivity contribution in [1.29, 1.82) is 0 Å². The molecular weight excluding hydrogens is 556 g/mol. The molecule has 0 saturated heterocycles. The highest BCUT2D eigenvalue weighted by atomic mass is 16.6. The molecule has 0 spiro atoms. The molecule has 0 heterocycles. The van der Waals surface area contributed by atoms with Gasteiger partial charge in [0.1, 0.15) is 30.8 Å². The van der Waals surface area contributed by atoms with Crippen molar-refractivity contribution in [2.75, 3.05) is 19.7 Å². The van der Waals surface area contributed by atoms with Gasteiger partial charge in [0.25, 0.3) is 0 Å². The second-order valence-electron chi connectivity index (χ2n) is 11.3. The molecule has 3 rings (SSSR count). The van der Waals surface area contributed by atoms with Gasteiger partial charge >= 0.3 is 18.2 Å². The fraction of sp³-hybridized carbons (Fsp3) is 0.452. The minimum absolute atomic E-state index is 0.0803. The maximum atomic E-state index is 12.7. The minimum Gasteiger partial charge on any atom is -0.480 e. The molecule has 0 unspecified atom stereocenters. The molecule has 2 aromatic rings. The van der Waals surface area contributed by atoms with Crippen molar-refractivity contribution in [2.45, 2.75) is 70.6 Å². The lowest BCUT2D eigenvalue weighted by Crippen LogP contribution is -2.52. The van der Waals surface area contributed by atoms with Gasteiger partial charge < -0.3 is 35.8 Å². The average molecular weight is 597 g/mol. The van der Waals surface area contributed by atoms with E-state index in [1.165, 1.54) is 6.92 Å². The van der Waals surface area contributed by atoms with Crippen molar-refractivity contribution in [3.63, 3.8) is 0 Å². The quantitative estimate of drug-likeness (QED) is 0.219. The molecule has 0 saturated carbocycles. The molecule has 2 atom stereocenters. The van der Waals surface area contributed by atoms with Crippen LogP contribution in [0.2, 0.25) is 0 Å². The first-order chi connectivity index (χ1) is 20.4. The molecule has 0 aliphatic heterocycles. The lowest BCUT2D eigenvalue weighted by Gasteiger charge is -2.21. The molecular formula is C31H40N4O8. The number of fused-ring (bicyclic) bond motifs is 3. The van der Waals surface area contributed by atoms with Gasteiger partial charge in [-0.1, -0.05) is 48.5 Å². The smallest absolute Gasteiger partial charge is 0.407 e. The Balaban J connectivity index is 1.48. The Bertz CT molecular complexity index is 1280. The number of hydrogen-bond acceptors (Lipinski definition) is 7. The molecule has 1 aliphatic rings. The van der Waals surface area contributed by atoms with Crippen LogP contribution in [0.1, 0.15) is 64.0 Å². The van der Waals surface area contributed by atoms with Crippen molar-refractivity contribution >= 4 is 30.0 Å². The molecule has 5 N–H and O–H groups in total. The molecule has 1 aliphatic carbocycles. The number of carbonyl (C=O) groups is 5. The summed E-state index contributed by atoms with van der Waals surface area (Å²) in [5.41, 5.74) is 3.66. The SMILES string of the molecule is C[C@H](NC(=O)[C@H](CCCCNC(=O)OC(C)(C)C)NC(=O)CNC(=O)OCC1c2ccccc2-c2ccccc21)C(=O)O. The molecule has 4 amide bonds. The van der Waals surface area contributed by atoms with Crippen LogP contribution in [0.3, 0.4) is 0 Å². The van der Waals surface area contributed by atoms with Crippen LogP contribution < -0.4 is 21.3 Å². The third-order valence-corrected chi connectivity index (χ3v) is 6.71. The molecule has 2 aromatic carbocycles. The van der Waals surface area contributed by atoms with Gasteiger partial charge in [-0.25, -0.2) is 9.59 Å². The largest absolute Gasteiger partial charge is 0.480 e. The van der Waals surface area contributed by atoms with Crippen LogP contribution in [0.25, 0.3) is 11.1 Å². The number of amides is 4. The van der Waals surface area contributed by atoms with Crippen LogP contribution in [0.4, 0.5) is 9.59 Å². The van der Waals surface area contributed by atoms with Gasteiger partial charge in [0, 0.05) is 12.5 Å². The Labute approximate surface area is 250 Å². The number of carboxylic acid groups (broad SMARTS) is 1.